The third-order valence-corrected chi connectivity index (χ3v) is 3.13. The molecule has 1 aliphatic heterocycles. The highest BCUT2D eigenvalue weighted by molar-refractivity contribution is 6.33. The maximum atomic E-state index is 12.1. The SMILES string of the molecule is CCn1ncc(Cl)c1C(=O)CC1CCOC1. The number of aromatic nitrogens is 2. The number of hydrogen-bond acceptors (Lipinski definition) is 3. The van der Waals surface area contributed by atoms with Gasteiger partial charge in [-0.15, -0.1) is 0 Å². The van der Waals surface area contributed by atoms with Gasteiger partial charge in [0.05, 0.1) is 11.2 Å². The van der Waals surface area contributed by atoms with Crippen LogP contribution in [-0.2, 0) is 11.3 Å². The van der Waals surface area contributed by atoms with Crippen LogP contribution in [0, 0.1) is 5.92 Å². The molecular formula is C11H15ClN2O2. The van der Waals surface area contributed by atoms with Gasteiger partial charge in [-0.2, -0.15) is 5.10 Å². The Hall–Kier alpha value is -0.870. The summed E-state index contributed by atoms with van der Waals surface area (Å²) in [7, 11) is 0. The number of ether oxygens (including phenoxy) is 1. The van der Waals surface area contributed by atoms with Crippen LogP contribution in [0.2, 0.25) is 5.02 Å². The molecule has 1 aliphatic rings. The Labute approximate surface area is 99.5 Å². The minimum absolute atomic E-state index is 0.0693. The first-order valence-corrected chi connectivity index (χ1v) is 5.92. The lowest BCUT2D eigenvalue weighted by molar-refractivity contribution is 0.0942. The maximum Gasteiger partial charge on any atom is 0.182 e. The van der Waals surface area contributed by atoms with Crippen LogP contribution in [-0.4, -0.2) is 28.8 Å². The summed E-state index contributed by atoms with van der Waals surface area (Å²) in [4.78, 5) is 12.1. The van der Waals surface area contributed by atoms with Crippen LogP contribution in [0.25, 0.3) is 0 Å². The maximum absolute atomic E-state index is 12.1. The molecule has 0 aliphatic carbocycles. The number of carbonyl (C=O) groups excluding carboxylic acids is 1. The molecule has 0 spiro atoms. The van der Waals surface area contributed by atoms with Crippen molar-refractivity contribution in [1.29, 1.82) is 0 Å². The molecule has 0 radical (unpaired) electrons. The van der Waals surface area contributed by atoms with E-state index in [4.69, 9.17) is 16.3 Å². The molecule has 5 heteroatoms. The van der Waals surface area contributed by atoms with Gasteiger partial charge in [0, 0.05) is 26.2 Å². The van der Waals surface area contributed by atoms with Gasteiger partial charge in [0.25, 0.3) is 0 Å². The third-order valence-electron chi connectivity index (χ3n) is 2.86. The Morgan fingerprint density at radius 2 is 2.56 bits per heavy atom. The Morgan fingerprint density at radius 1 is 1.75 bits per heavy atom. The second-order valence-electron chi connectivity index (χ2n) is 4.01. The molecule has 2 heterocycles. The van der Waals surface area contributed by atoms with Crippen LogP contribution in [0.3, 0.4) is 0 Å². The Morgan fingerprint density at radius 3 is 3.19 bits per heavy atom. The molecule has 0 aromatic carbocycles. The number of nitrogens with zero attached hydrogens (tertiary/aromatic N) is 2. The summed E-state index contributed by atoms with van der Waals surface area (Å²) in [5.41, 5.74) is 0.538. The van der Waals surface area contributed by atoms with Crippen LogP contribution in [0.4, 0.5) is 0 Å². The number of aryl methyl sites for hydroxylation is 1. The number of rotatable bonds is 4. The zero-order chi connectivity index (χ0) is 11.5. The van der Waals surface area contributed by atoms with Gasteiger partial charge in [0.15, 0.2) is 5.78 Å². The van der Waals surface area contributed by atoms with Crippen molar-refractivity contribution in [2.24, 2.45) is 5.92 Å². The Balaban J connectivity index is 2.10. The van der Waals surface area contributed by atoms with E-state index < -0.39 is 0 Å². The van der Waals surface area contributed by atoms with Gasteiger partial charge in [-0.1, -0.05) is 11.6 Å². The fraction of sp³-hybridized carbons (Fsp3) is 0.636. The molecule has 0 N–H and O–H groups in total. The van der Waals surface area contributed by atoms with Crippen LogP contribution in [0.1, 0.15) is 30.3 Å². The quantitative estimate of drug-likeness (QED) is 0.760. The van der Waals surface area contributed by atoms with E-state index in [1.807, 2.05) is 6.92 Å². The number of Topliss-reactive ketones (excluding diaryl/α,β-unsaturated/α-hetero) is 1. The normalized spacial score (nSPS) is 20.2. The standard InChI is InChI=1S/C11H15ClN2O2/c1-2-14-11(9(12)6-13-14)10(15)5-8-3-4-16-7-8/h6,8H,2-5,7H2,1H3. The first kappa shape index (κ1) is 11.6. The molecule has 0 bridgehead atoms. The minimum atomic E-state index is 0.0693. The molecule has 0 saturated carbocycles. The van der Waals surface area contributed by atoms with Crippen molar-refractivity contribution in [3.05, 3.63) is 16.9 Å². The molecule has 16 heavy (non-hydrogen) atoms. The van der Waals surface area contributed by atoms with Gasteiger partial charge in [-0.25, -0.2) is 0 Å². The van der Waals surface area contributed by atoms with E-state index in [2.05, 4.69) is 5.10 Å². The van der Waals surface area contributed by atoms with Gasteiger partial charge in [0.2, 0.25) is 0 Å². The molecule has 0 amide bonds. The van der Waals surface area contributed by atoms with E-state index in [0.717, 1.165) is 13.0 Å². The number of carbonyl (C=O) groups is 1. The largest absolute Gasteiger partial charge is 0.381 e. The molecule has 4 nitrogen and oxygen atoms in total. The highest BCUT2D eigenvalue weighted by Gasteiger charge is 2.23. The van der Waals surface area contributed by atoms with Crippen molar-refractivity contribution in [3.8, 4) is 0 Å². The summed E-state index contributed by atoms with van der Waals surface area (Å²) in [6.07, 6.45) is 3.00. The van der Waals surface area contributed by atoms with E-state index >= 15 is 0 Å². The first-order valence-electron chi connectivity index (χ1n) is 5.54. The van der Waals surface area contributed by atoms with Crippen molar-refractivity contribution in [3.63, 3.8) is 0 Å². The van der Waals surface area contributed by atoms with Crippen molar-refractivity contribution in [2.45, 2.75) is 26.3 Å². The summed E-state index contributed by atoms with van der Waals surface area (Å²) in [6, 6.07) is 0. The molecule has 1 aromatic heterocycles. The molecular weight excluding hydrogens is 228 g/mol. The van der Waals surface area contributed by atoms with E-state index in [1.54, 1.807) is 4.68 Å². The molecule has 1 aromatic rings. The number of ketones is 1. The molecule has 1 fully saturated rings. The van der Waals surface area contributed by atoms with Crippen molar-refractivity contribution in [2.75, 3.05) is 13.2 Å². The van der Waals surface area contributed by atoms with Crippen molar-refractivity contribution >= 4 is 17.4 Å². The summed E-state index contributed by atoms with van der Waals surface area (Å²) >= 11 is 5.97. The number of halogens is 1. The van der Waals surface area contributed by atoms with Crippen LogP contribution >= 0.6 is 11.6 Å². The van der Waals surface area contributed by atoms with Crippen molar-refractivity contribution in [1.82, 2.24) is 9.78 Å². The van der Waals surface area contributed by atoms with Gasteiger partial charge >= 0.3 is 0 Å². The molecule has 1 saturated heterocycles. The monoisotopic (exact) mass is 242 g/mol. The average molecular weight is 243 g/mol. The van der Waals surface area contributed by atoms with Gasteiger partial charge in [0.1, 0.15) is 5.69 Å². The predicted octanol–water partition coefficient (Wildman–Crippen LogP) is 2.17. The van der Waals surface area contributed by atoms with Crippen molar-refractivity contribution < 1.29 is 9.53 Å². The van der Waals surface area contributed by atoms with Crippen LogP contribution < -0.4 is 0 Å². The second-order valence-corrected chi connectivity index (χ2v) is 4.42. The first-order chi connectivity index (χ1) is 7.72. The van der Waals surface area contributed by atoms with E-state index in [9.17, 15) is 4.79 Å². The lowest BCUT2D eigenvalue weighted by atomic mass is 10.0. The van der Waals surface area contributed by atoms with Crippen LogP contribution in [0.15, 0.2) is 6.20 Å². The smallest absolute Gasteiger partial charge is 0.182 e. The summed E-state index contributed by atoms with van der Waals surface area (Å²) in [5.74, 6) is 0.406. The summed E-state index contributed by atoms with van der Waals surface area (Å²) < 4.78 is 6.91. The number of hydrogen-bond donors (Lipinski definition) is 0. The Kier molecular flexibility index (Phi) is 3.61. The summed E-state index contributed by atoms with van der Waals surface area (Å²) in [6.45, 7) is 4.05. The minimum Gasteiger partial charge on any atom is -0.381 e. The molecule has 1 atom stereocenters. The Bertz CT molecular complexity index is 383. The van der Waals surface area contributed by atoms with Gasteiger partial charge < -0.3 is 4.74 Å². The lowest BCUT2D eigenvalue weighted by Crippen LogP contribution is -2.14. The highest BCUT2D eigenvalue weighted by Crippen LogP contribution is 2.22. The molecule has 88 valence electrons. The zero-order valence-electron chi connectivity index (χ0n) is 9.28. The molecule has 1 unspecified atom stereocenters. The second kappa shape index (κ2) is 4.97. The van der Waals surface area contributed by atoms with E-state index in [-0.39, 0.29) is 5.78 Å². The topological polar surface area (TPSA) is 44.1 Å². The lowest BCUT2D eigenvalue weighted by Gasteiger charge is -2.08. The predicted molar refractivity (Wildman–Crippen MR) is 60.8 cm³/mol. The van der Waals surface area contributed by atoms with E-state index in [0.29, 0.717) is 36.2 Å². The zero-order valence-corrected chi connectivity index (χ0v) is 10.0. The highest BCUT2D eigenvalue weighted by atomic mass is 35.5. The summed E-state index contributed by atoms with van der Waals surface area (Å²) in [5, 5.41) is 4.51. The van der Waals surface area contributed by atoms with Gasteiger partial charge in [-0.3, -0.25) is 9.48 Å². The van der Waals surface area contributed by atoms with Crippen LogP contribution in [0.5, 0.6) is 0 Å². The average Bonchev–Trinajstić information content (AvgIpc) is 2.87. The van der Waals surface area contributed by atoms with E-state index in [1.165, 1.54) is 6.20 Å². The fourth-order valence-electron chi connectivity index (χ4n) is 1.98. The third kappa shape index (κ3) is 2.28. The fourth-order valence-corrected chi connectivity index (χ4v) is 2.23. The van der Waals surface area contributed by atoms with Gasteiger partial charge in [-0.05, 0) is 19.3 Å². The molecule has 2 rings (SSSR count).